The first-order valence-electron chi connectivity index (χ1n) is 10.4. The van der Waals surface area contributed by atoms with Crippen LogP contribution in [-0.2, 0) is 11.4 Å². The van der Waals surface area contributed by atoms with Crippen molar-refractivity contribution >= 4 is 46.3 Å². The van der Waals surface area contributed by atoms with Gasteiger partial charge in [-0.1, -0.05) is 30.3 Å². The number of hydrogen-bond acceptors (Lipinski definition) is 7. The number of nitrogens with zero attached hydrogens (tertiary/aromatic N) is 3. The predicted octanol–water partition coefficient (Wildman–Crippen LogP) is 5.11. The summed E-state index contributed by atoms with van der Waals surface area (Å²) in [5.41, 5.74) is 2.04. The molecule has 35 heavy (non-hydrogen) atoms. The van der Waals surface area contributed by atoms with Gasteiger partial charge in [0, 0.05) is 19.2 Å². The number of carboxylic acids is 1. The van der Waals surface area contributed by atoms with Gasteiger partial charge in [0.2, 0.25) is 0 Å². The molecule has 0 radical (unpaired) electrons. The van der Waals surface area contributed by atoms with Crippen molar-refractivity contribution in [2.75, 3.05) is 7.05 Å². The molecule has 10 heteroatoms. The average Bonchev–Trinajstić information content (AvgIpc) is 3.11. The molecule has 9 nitrogen and oxygen atoms in total. The van der Waals surface area contributed by atoms with Crippen molar-refractivity contribution in [2.45, 2.75) is 6.61 Å². The van der Waals surface area contributed by atoms with E-state index in [0.29, 0.717) is 27.1 Å². The molecular weight excluding hydrogens is 470 g/mol. The topological polar surface area (TPSA) is 122 Å². The first-order valence-corrected chi connectivity index (χ1v) is 11.2. The van der Waals surface area contributed by atoms with Crippen LogP contribution < -0.4 is 4.74 Å². The molecule has 1 N–H and O–H groups in total. The monoisotopic (exact) mass is 489 g/mol. The molecule has 0 unspecified atom stereocenters. The summed E-state index contributed by atoms with van der Waals surface area (Å²) >= 11 is 1.20. The summed E-state index contributed by atoms with van der Waals surface area (Å²) < 4.78 is 5.72. The number of non-ortho nitro benzene ring substituents is 1. The molecule has 1 heterocycles. The van der Waals surface area contributed by atoms with Gasteiger partial charge in [-0.3, -0.25) is 19.8 Å². The van der Waals surface area contributed by atoms with Gasteiger partial charge in [-0.2, -0.15) is 0 Å². The molecule has 3 aromatic rings. The Bertz CT molecular complexity index is 1370. The van der Waals surface area contributed by atoms with Gasteiger partial charge in [0.05, 0.1) is 21.1 Å². The molecule has 0 saturated carbocycles. The Morgan fingerprint density at radius 1 is 1.14 bits per heavy atom. The van der Waals surface area contributed by atoms with E-state index in [2.05, 4.69) is 4.99 Å². The number of likely N-dealkylation sites (N-methyl/N-ethyl adjacent to an activating group) is 1. The summed E-state index contributed by atoms with van der Waals surface area (Å²) in [6, 6.07) is 19.6. The number of amides is 1. The first-order chi connectivity index (χ1) is 16.8. The van der Waals surface area contributed by atoms with E-state index >= 15 is 0 Å². The van der Waals surface area contributed by atoms with Gasteiger partial charge in [-0.25, -0.2) is 9.79 Å². The first kappa shape index (κ1) is 23.7. The van der Waals surface area contributed by atoms with Gasteiger partial charge in [-0.15, -0.1) is 0 Å². The minimum absolute atomic E-state index is 0.00858. The third-order valence-electron chi connectivity index (χ3n) is 5.03. The van der Waals surface area contributed by atoms with Crippen molar-refractivity contribution in [3.63, 3.8) is 0 Å². The molecule has 0 aliphatic carbocycles. The number of ether oxygens (including phenoxy) is 1. The van der Waals surface area contributed by atoms with E-state index in [9.17, 15) is 19.7 Å². The number of aliphatic imine (C=N–C) groups is 1. The molecule has 176 valence electrons. The number of aromatic carboxylic acids is 1. The van der Waals surface area contributed by atoms with E-state index in [1.807, 2.05) is 0 Å². The molecule has 1 fully saturated rings. The number of nitro benzene ring substituents is 1. The number of thioether (sulfide) groups is 1. The number of amidine groups is 1. The number of nitro groups is 1. The lowest BCUT2D eigenvalue weighted by atomic mass is 10.2. The third kappa shape index (κ3) is 5.74. The Labute approximate surface area is 204 Å². The van der Waals surface area contributed by atoms with Crippen LogP contribution in [0, 0.1) is 10.1 Å². The van der Waals surface area contributed by atoms with E-state index in [-0.39, 0.29) is 23.8 Å². The van der Waals surface area contributed by atoms with Crippen LogP contribution in [0.25, 0.3) is 6.08 Å². The van der Waals surface area contributed by atoms with Gasteiger partial charge in [0.15, 0.2) is 5.17 Å². The maximum Gasteiger partial charge on any atom is 0.335 e. The Kier molecular flexibility index (Phi) is 6.93. The van der Waals surface area contributed by atoms with Crippen LogP contribution in [0.5, 0.6) is 5.75 Å². The Morgan fingerprint density at radius 2 is 1.89 bits per heavy atom. The highest BCUT2D eigenvalue weighted by molar-refractivity contribution is 8.18. The average molecular weight is 490 g/mol. The zero-order chi connectivity index (χ0) is 24.9. The van der Waals surface area contributed by atoms with Gasteiger partial charge in [-0.05, 0) is 59.3 Å². The van der Waals surface area contributed by atoms with Gasteiger partial charge < -0.3 is 9.84 Å². The van der Waals surface area contributed by atoms with Crippen LogP contribution >= 0.6 is 11.8 Å². The molecule has 0 spiro atoms. The number of carbonyl (C=O) groups is 2. The molecule has 1 amide bonds. The maximum absolute atomic E-state index is 12.7. The fourth-order valence-electron chi connectivity index (χ4n) is 3.21. The normalized spacial score (nSPS) is 15.6. The van der Waals surface area contributed by atoms with Crippen molar-refractivity contribution in [1.82, 2.24) is 4.90 Å². The molecule has 1 aliphatic rings. The van der Waals surface area contributed by atoms with E-state index < -0.39 is 10.9 Å². The highest BCUT2D eigenvalue weighted by Crippen LogP contribution is 2.33. The third-order valence-corrected chi connectivity index (χ3v) is 6.09. The second-order valence-corrected chi connectivity index (χ2v) is 8.52. The number of carboxylic acid groups (broad SMARTS) is 1. The van der Waals surface area contributed by atoms with E-state index in [0.717, 1.165) is 5.56 Å². The quantitative estimate of drug-likeness (QED) is 0.278. The van der Waals surface area contributed by atoms with Crippen LogP contribution in [0.15, 0.2) is 82.7 Å². The van der Waals surface area contributed by atoms with Crippen molar-refractivity contribution in [2.24, 2.45) is 4.99 Å². The smallest absolute Gasteiger partial charge is 0.335 e. The van der Waals surface area contributed by atoms with Crippen LogP contribution in [0.3, 0.4) is 0 Å². The van der Waals surface area contributed by atoms with Crippen LogP contribution in [0.4, 0.5) is 11.4 Å². The minimum atomic E-state index is -1.05. The fraction of sp³-hybridized carbons (Fsp3) is 0.0800. The number of benzene rings is 3. The summed E-state index contributed by atoms with van der Waals surface area (Å²) in [6.45, 7) is 0.185. The van der Waals surface area contributed by atoms with Crippen molar-refractivity contribution in [1.29, 1.82) is 0 Å². The number of carbonyl (C=O) groups excluding carboxylic acids is 1. The zero-order valence-corrected chi connectivity index (χ0v) is 19.3. The maximum atomic E-state index is 12.7. The molecule has 3 aromatic carbocycles. The lowest BCUT2D eigenvalue weighted by Gasteiger charge is -2.07. The van der Waals surface area contributed by atoms with E-state index in [1.165, 1.54) is 40.9 Å². The standard InChI is InChI=1S/C25H19N3O6S/c1-27-23(29)22(35-25(27)26-19-6-3-5-18(14-19)24(30)31)13-16-8-10-21(11-9-16)34-15-17-4-2-7-20(12-17)28(32)33/h2-14H,15H2,1H3,(H,30,31)/b22-13-,26-25?. The molecular formula is C25H19N3O6S. The summed E-state index contributed by atoms with van der Waals surface area (Å²) in [4.78, 5) is 40.6. The minimum Gasteiger partial charge on any atom is -0.489 e. The fourth-order valence-corrected chi connectivity index (χ4v) is 4.20. The number of hydrogen-bond donors (Lipinski definition) is 1. The lowest BCUT2D eigenvalue weighted by Crippen LogP contribution is -2.23. The van der Waals surface area contributed by atoms with Crippen molar-refractivity contribution in [3.8, 4) is 5.75 Å². The van der Waals surface area contributed by atoms with Crippen molar-refractivity contribution < 1.29 is 24.4 Å². The van der Waals surface area contributed by atoms with Crippen LogP contribution in [0.2, 0.25) is 0 Å². The second kappa shape index (κ2) is 10.2. The van der Waals surface area contributed by atoms with Crippen LogP contribution in [-0.4, -0.2) is 39.0 Å². The SMILES string of the molecule is CN1C(=O)/C(=C/c2ccc(OCc3cccc([N+](=O)[O-])c3)cc2)SC1=Nc1cccc(C(=O)O)c1. The highest BCUT2D eigenvalue weighted by atomic mass is 32.2. The van der Waals surface area contributed by atoms with Crippen LogP contribution in [0.1, 0.15) is 21.5 Å². The second-order valence-electron chi connectivity index (χ2n) is 7.51. The van der Waals surface area contributed by atoms with Gasteiger partial charge in [0.25, 0.3) is 11.6 Å². The zero-order valence-electron chi connectivity index (χ0n) is 18.5. The summed E-state index contributed by atoms with van der Waals surface area (Å²) in [6.07, 6.45) is 1.74. The molecule has 0 bridgehead atoms. The van der Waals surface area contributed by atoms with E-state index in [1.54, 1.807) is 61.7 Å². The van der Waals surface area contributed by atoms with Crippen molar-refractivity contribution in [3.05, 3.63) is 105 Å². The molecule has 0 aromatic heterocycles. The van der Waals surface area contributed by atoms with E-state index in [4.69, 9.17) is 9.84 Å². The Hall–Kier alpha value is -4.44. The molecule has 1 aliphatic heterocycles. The Balaban J connectivity index is 1.44. The molecule has 4 rings (SSSR count). The highest BCUT2D eigenvalue weighted by Gasteiger charge is 2.30. The Morgan fingerprint density at radius 3 is 2.60 bits per heavy atom. The summed E-state index contributed by atoms with van der Waals surface area (Å²) in [7, 11) is 1.61. The predicted molar refractivity (Wildman–Crippen MR) is 133 cm³/mol. The van der Waals surface area contributed by atoms with Gasteiger partial charge >= 0.3 is 5.97 Å². The molecule has 1 saturated heterocycles. The number of rotatable bonds is 7. The van der Waals surface area contributed by atoms with Gasteiger partial charge in [0.1, 0.15) is 12.4 Å². The summed E-state index contributed by atoms with van der Waals surface area (Å²) in [5.74, 6) is -0.676. The summed E-state index contributed by atoms with van der Waals surface area (Å²) in [5, 5.41) is 20.5. The molecule has 0 atom stereocenters. The lowest BCUT2D eigenvalue weighted by molar-refractivity contribution is -0.384. The largest absolute Gasteiger partial charge is 0.489 e.